The fourth-order valence-electron chi connectivity index (χ4n) is 2.37. The van der Waals surface area contributed by atoms with Gasteiger partial charge in [0.05, 0.1) is 32.7 Å². The molecule has 192 valence electrons. The van der Waals surface area contributed by atoms with Gasteiger partial charge in [0.1, 0.15) is 11.6 Å². The molecule has 0 atom stereocenters. The SMILES string of the molecule is CO.COC(=O)Cl.COC(=O)OC(=O)OC.Cc1nc(C)n(C(=O)n2c(C)nc(C)c2C)c1C. The number of aliphatic hydroxyl groups is 1. The number of rotatable bonds is 0. The number of carbonyl (C=O) groups excluding carboxylic acids is 4. The third-order valence-electron chi connectivity index (χ3n) is 4.07. The van der Waals surface area contributed by atoms with Gasteiger partial charge in [0.2, 0.25) is 0 Å². The van der Waals surface area contributed by atoms with Gasteiger partial charge in [-0.05, 0) is 41.5 Å². The van der Waals surface area contributed by atoms with E-state index < -0.39 is 17.7 Å². The van der Waals surface area contributed by atoms with E-state index >= 15 is 0 Å². The van der Waals surface area contributed by atoms with Gasteiger partial charge >= 0.3 is 23.8 Å². The van der Waals surface area contributed by atoms with Crippen molar-refractivity contribution < 1.29 is 43.2 Å². The monoisotopic (exact) mass is 506 g/mol. The average molecular weight is 507 g/mol. The van der Waals surface area contributed by atoms with Crippen LogP contribution < -0.4 is 0 Å². The molecule has 34 heavy (non-hydrogen) atoms. The summed E-state index contributed by atoms with van der Waals surface area (Å²) in [5.41, 5.74) is 2.75. The van der Waals surface area contributed by atoms with Crippen LogP contribution in [0.1, 0.15) is 34.4 Å². The summed E-state index contributed by atoms with van der Waals surface area (Å²) >= 11 is 4.60. The maximum Gasteiger partial charge on any atom is 0.518 e. The quantitative estimate of drug-likeness (QED) is 0.240. The van der Waals surface area contributed by atoms with Crippen molar-refractivity contribution in [1.82, 2.24) is 19.1 Å². The first-order valence-corrected chi connectivity index (χ1v) is 9.81. The van der Waals surface area contributed by atoms with Crippen LogP contribution in [0.2, 0.25) is 0 Å². The van der Waals surface area contributed by atoms with Gasteiger partial charge in [-0.15, -0.1) is 0 Å². The van der Waals surface area contributed by atoms with Crippen LogP contribution in [0.5, 0.6) is 0 Å². The molecule has 2 rings (SSSR count). The van der Waals surface area contributed by atoms with Gasteiger partial charge in [-0.3, -0.25) is 9.13 Å². The Morgan fingerprint density at radius 1 is 0.706 bits per heavy atom. The first-order valence-electron chi connectivity index (χ1n) is 9.43. The molecule has 2 aromatic rings. The molecule has 2 aromatic heterocycles. The highest BCUT2D eigenvalue weighted by atomic mass is 35.5. The third-order valence-corrected chi connectivity index (χ3v) is 4.22. The lowest BCUT2D eigenvalue weighted by molar-refractivity contribution is 0.0568. The second kappa shape index (κ2) is 16.2. The van der Waals surface area contributed by atoms with Crippen molar-refractivity contribution in [1.29, 1.82) is 0 Å². The molecule has 0 aliphatic heterocycles. The Labute approximate surface area is 202 Å². The first kappa shape index (κ1) is 32.7. The van der Waals surface area contributed by atoms with Gasteiger partial charge in [0.15, 0.2) is 0 Å². The Hall–Kier alpha value is -3.45. The number of aryl methyl sites for hydroxylation is 4. The lowest BCUT2D eigenvalue weighted by Gasteiger charge is -2.10. The molecule has 0 fully saturated rings. The van der Waals surface area contributed by atoms with Gasteiger partial charge in [0.25, 0.3) is 0 Å². The van der Waals surface area contributed by atoms with E-state index in [1.165, 1.54) is 7.11 Å². The van der Waals surface area contributed by atoms with Crippen LogP contribution in [0.4, 0.5) is 19.2 Å². The molecule has 0 radical (unpaired) electrons. The summed E-state index contributed by atoms with van der Waals surface area (Å²) in [5, 5.41) is 7.00. The number of carbonyl (C=O) groups is 4. The van der Waals surface area contributed by atoms with E-state index in [-0.39, 0.29) is 6.03 Å². The third kappa shape index (κ3) is 10.0. The summed E-state index contributed by atoms with van der Waals surface area (Å²) in [4.78, 5) is 50.7. The molecular weight excluding hydrogens is 476 g/mol. The van der Waals surface area contributed by atoms with Crippen LogP contribution >= 0.6 is 11.6 Å². The zero-order valence-electron chi connectivity index (χ0n) is 20.9. The van der Waals surface area contributed by atoms with Crippen molar-refractivity contribution in [3.8, 4) is 0 Å². The highest BCUT2D eigenvalue weighted by Gasteiger charge is 2.20. The topological polar surface area (TPSA) is 161 Å². The van der Waals surface area contributed by atoms with Crippen LogP contribution in [0, 0.1) is 41.5 Å². The number of methoxy groups -OCH3 is 3. The molecule has 2 heterocycles. The Bertz CT molecular complexity index is 915. The highest BCUT2D eigenvalue weighted by Crippen LogP contribution is 2.15. The number of hydrogen-bond donors (Lipinski definition) is 1. The lowest BCUT2D eigenvalue weighted by Crippen LogP contribution is -2.23. The van der Waals surface area contributed by atoms with E-state index in [0.717, 1.165) is 44.1 Å². The van der Waals surface area contributed by atoms with Crippen molar-refractivity contribution in [3.63, 3.8) is 0 Å². The van der Waals surface area contributed by atoms with Crippen LogP contribution in [0.3, 0.4) is 0 Å². The number of imidazole rings is 2. The van der Waals surface area contributed by atoms with Crippen LogP contribution in [-0.4, -0.2) is 76.4 Å². The average Bonchev–Trinajstić information content (AvgIpc) is 3.21. The van der Waals surface area contributed by atoms with E-state index in [1.54, 1.807) is 9.13 Å². The van der Waals surface area contributed by atoms with Crippen molar-refractivity contribution in [3.05, 3.63) is 34.4 Å². The Balaban J connectivity index is 0. The second-order valence-corrected chi connectivity index (χ2v) is 6.37. The van der Waals surface area contributed by atoms with Crippen LogP contribution in [0.15, 0.2) is 0 Å². The predicted octanol–water partition coefficient (Wildman–Crippen LogP) is 3.58. The molecule has 0 unspecified atom stereocenters. The fourth-order valence-corrected chi connectivity index (χ4v) is 2.37. The number of hydrogen-bond acceptors (Lipinski definition) is 11. The lowest BCUT2D eigenvalue weighted by atomic mass is 10.4. The molecular formula is C20H31ClN4O9. The van der Waals surface area contributed by atoms with Crippen LogP contribution in [-0.2, 0) is 18.9 Å². The molecule has 0 spiro atoms. The van der Waals surface area contributed by atoms with Crippen molar-refractivity contribution >= 4 is 35.4 Å². The molecule has 0 bridgehead atoms. The van der Waals surface area contributed by atoms with Gasteiger partial charge in [0, 0.05) is 30.1 Å². The molecule has 0 aromatic carbocycles. The Morgan fingerprint density at radius 3 is 1.18 bits per heavy atom. The first-order chi connectivity index (χ1) is 15.8. The maximum atomic E-state index is 12.6. The smallest absolute Gasteiger partial charge is 0.457 e. The molecule has 0 saturated carbocycles. The van der Waals surface area contributed by atoms with E-state index in [1.807, 2.05) is 41.5 Å². The number of aliphatic hydroxyl groups excluding tert-OH is 1. The van der Waals surface area contributed by atoms with Crippen LogP contribution in [0.25, 0.3) is 0 Å². The number of ether oxygens (including phenoxy) is 4. The summed E-state index contributed by atoms with van der Waals surface area (Å²) in [7, 11) is 4.39. The fraction of sp³-hybridized carbons (Fsp3) is 0.500. The van der Waals surface area contributed by atoms with E-state index in [4.69, 9.17) is 5.11 Å². The van der Waals surface area contributed by atoms with Crippen molar-refractivity contribution in [2.24, 2.45) is 0 Å². The van der Waals surface area contributed by atoms with E-state index in [2.05, 4.69) is 40.5 Å². The number of aromatic nitrogens is 4. The summed E-state index contributed by atoms with van der Waals surface area (Å²) in [6.45, 7) is 11.3. The van der Waals surface area contributed by atoms with Crippen molar-refractivity contribution in [2.45, 2.75) is 41.5 Å². The van der Waals surface area contributed by atoms with E-state index in [9.17, 15) is 19.2 Å². The normalized spacial score (nSPS) is 9.06. The zero-order chi connectivity index (χ0) is 27.2. The minimum atomic E-state index is -1.08. The molecule has 0 saturated heterocycles. The highest BCUT2D eigenvalue weighted by molar-refractivity contribution is 6.61. The Kier molecular flexibility index (Phi) is 15.6. The van der Waals surface area contributed by atoms with E-state index in [0.29, 0.717) is 11.6 Å². The molecule has 0 aliphatic rings. The molecule has 1 N–H and O–H groups in total. The standard InChI is InChI=1S/C13H18N4O.C4H6O5.C2H3ClO2.CH4O/c1-7-9(3)16(11(5)14-7)13(18)17-10(4)8(2)15-12(17)6;1-7-3(5)9-4(6)8-2;1-5-2(3)4;1-2/h1-6H3;1-2H3;1H3;2H,1H3. The largest absolute Gasteiger partial charge is 0.518 e. The van der Waals surface area contributed by atoms with Gasteiger partial charge in [-0.2, -0.15) is 0 Å². The molecule has 0 aliphatic carbocycles. The minimum Gasteiger partial charge on any atom is -0.457 e. The summed E-state index contributed by atoms with van der Waals surface area (Å²) in [5.74, 6) is 1.42. The van der Waals surface area contributed by atoms with Gasteiger partial charge in [-0.1, -0.05) is 0 Å². The van der Waals surface area contributed by atoms with Gasteiger partial charge < -0.3 is 24.1 Å². The second-order valence-electron chi connectivity index (χ2n) is 6.07. The predicted molar refractivity (Wildman–Crippen MR) is 121 cm³/mol. The molecule has 13 nitrogen and oxygen atoms in total. The number of nitrogens with zero attached hydrogens (tertiary/aromatic N) is 4. The zero-order valence-corrected chi connectivity index (χ0v) is 21.6. The number of halogens is 1. The van der Waals surface area contributed by atoms with Gasteiger partial charge in [-0.25, -0.2) is 29.1 Å². The Morgan fingerprint density at radius 2 is 1.00 bits per heavy atom. The van der Waals surface area contributed by atoms with Crippen molar-refractivity contribution in [2.75, 3.05) is 28.4 Å². The minimum absolute atomic E-state index is 0.110. The summed E-state index contributed by atoms with van der Waals surface area (Å²) in [6, 6.07) is -0.110. The molecule has 14 heteroatoms. The summed E-state index contributed by atoms with van der Waals surface area (Å²) in [6.07, 6.45) is -2.16. The molecule has 0 amide bonds. The summed E-state index contributed by atoms with van der Waals surface area (Å²) < 4.78 is 18.9. The maximum absolute atomic E-state index is 12.6.